The van der Waals surface area contributed by atoms with Gasteiger partial charge in [-0.1, -0.05) is 51.8 Å². The molecule has 4 nitrogen and oxygen atoms in total. The Hall–Kier alpha value is -3.07. The smallest absolute Gasteiger partial charge is 0.266 e. The summed E-state index contributed by atoms with van der Waals surface area (Å²) in [5, 5.41) is 12.9. The van der Waals surface area contributed by atoms with Crippen LogP contribution in [0.5, 0.6) is 5.75 Å². The van der Waals surface area contributed by atoms with E-state index < -0.39 is 5.91 Å². The molecule has 168 valence electrons. The van der Waals surface area contributed by atoms with Gasteiger partial charge in [0.2, 0.25) is 0 Å². The fourth-order valence-electron chi connectivity index (χ4n) is 3.34. The van der Waals surface area contributed by atoms with Gasteiger partial charge in [-0.05, 0) is 79.4 Å². The van der Waals surface area contributed by atoms with Gasteiger partial charge in [0, 0.05) is 27.2 Å². The number of anilines is 1. The van der Waals surface area contributed by atoms with Crippen LogP contribution in [0.3, 0.4) is 0 Å². The van der Waals surface area contributed by atoms with Crippen molar-refractivity contribution in [1.29, 1.82) is 5.26 Å². The van der Waals surface area contributed by atoms with Gasteiger partial charge in [-0.15, -0.1) is 0 Å². The van der Waals surface area contributed by atoms with Crippen LogP contribution in [0.2, 0.25) is 5.02 Å². The van der Waals surface area contributed by atoms with Gasteiger partial charge in [-0.2, -0.15) is 5.26 Å². The minimum absolute atomic E-state index is 0.0229. The van der Waals surface area contributed by atoms with Crippen molar-refractivity contribution in [3.63, 3.8) is 0 Å². The normalized spacial score (nSPS) is 11.1. The SMILES string of the molecule is CCOc1cc(/C=C(\C#N)C(=O)Nc2ccc(C)c(C)c2)cc(Cl)c1Cc1ccccc1Br. The van der Waals surface area contributed by atoms with Crippen molar-refractivity contribution in [2.45, 2.75) is 27.2 Å². The molecular weight excluding hydrogens is 500 g/mol. The number of hydrogen-bond acceptors (Lipinski definition) is 3. The van der Waals surface area contributed by atoms with Crippen LogP contribution in [0.25, 0.3) is 6.08 Å². The highest BCUT2D eigenvalue weighted by Crippen LogP contribution is 2.33. The maximum absolute atomic E-state index is 12.7. The van der Waals surface area contributed by atoms with E-state index in [-0.39, 0.29) is 5.57 Å². The Morgan fingerprint density at radius 3 is 2.58 bits per heavy atom. The van der Waals surface area contributed by atoms with Crippen LogP contribution in [0.15, 0.2) is 64.6 Å². The van der Waals surface area contributed by atoms with Crippen LogP contribution in [0.1, 0.15) is 34.7 Å². The molecule has 1 amide bonds. The Morgan fingerprint density at radius 1 is 1.15 bits per heavy atom. The highest BCUT2D eigenvalue weighted by Gasteiger charge is 2.15. The molecule has 0 bridgehead atoms. The second-order valence-corrected chi connectivity index (χ2v) is 8.87. The number of halogens is 2. The number of carbonyl (C=O) groups excluding carboxylic acids is 1. The molecule has 33 heavy (non-hydrogen) atoms. The number of aryl methyl sites for hydroxylation is 2. The average molecular weight is 524 g/mol. The quantitative estimate of drug-likeness (QED) is 0.262. The van der Waals surface area contributed by atoms with E-state index >= 15 is 0 Å². The molecule has 3 aromatic rings. The lowest BCUT2D eigenvalue weighted by Crippen LogP contribution is -2.13. The lowest BCUT2D eigenvalue weighted by molar-refractivity contribution is -0.112. The first-order chi connectivity index (χ1) is 15.8. The zero-order valence-corrected chi connectivity index (χ0v) is 21.0. The number of nitriles is 1. The Balaban J connectivity index is 1.92. The van der Waals surface area contributed by atoms with Gasteiger partial charge in [0.25, 0.3) is 5.91 Å². The number of nitrogens with zero attached hydrogens (tertiary/aromatic N) is 1. The molecule has 0 radical (unpaired) electrons. The van der Waals surface area contributed by atoms with Crippen molar-refractivity contribution in [2.24, 2.45) is 0 Å². The van der Waals surface area contributed by atoms with Crippen molar-refractivity contribution >= 4 is 45.2 Å². The van der Waals surface area contributed by atoms with Crippen LogP contribution in [-0.2, 0) is 11.2 Å². The summed E-state index contributed by atoms with van der Waals surface area (Å²) in [7, 11) is 0. The molecule has 0 aliphatic carbocycles. The molecule has 0 aliphatic rings. The number of ether oxygens (including phenoxy) is 1. The Bertz CT molecular complexity index is 1260. The van der Waals surface area contributed by atoms with Crippen molar-refractivity contribution in [1.82, 2.24) is 0 Å². The van der Waals surface area contributed by atoms with Crippen molar-refractivity contribution in [3.8, 4) is 11.8 Å². The van der Waals surface area contributed by atoms with Crippen LogP contribution in [0.4, 0.5) is 5.69 Å². The summed E-state index contributed by atoms with van der Waals surface area (Å²) >= 11 is 10.2. The molecule has 0 aliphatic heterocycles. The number of amides is 1. The van der Waals surface area contributed by atoms with Crippen LogP contribution in [-0.4, -0.2) is 12.5 Å². The first-order valence-electron chi connectivity index (χ1n) is 10.5. The van der Waals surface area contributed by atoms with E-state index in [0.29, 0.717) is 35.1 Å². The third-order valence-electron chi connectivity index (χ3n) is 5.24. The van der Waals surface area contributed by atoms with E-state index in [2.05, 4.69) is 21.2 Å². The van der Waals surface area contributed by atoms with Crippen LogP contribution >= 0.6 is 27.5 Å². The molecule has 0 fully saturated rings. The second-order valence-electron chi connectivity index (χ2n) is 7.60. The second kappa shape index (κ2) is 11.2. The van der Waals surface area contributed by atoms with E-state index in [4.69, 9.17) is 16.3 Å². The van der Waals surface area contributed by atoms with E-state index in [1.807, 2.05) is 75.4 Å². The third-order valence-corrected chi connectivity index (χ3v) is 6.35. The van der Waals surface area contributed by atoms with Crippen molar-refractivity contribution < 1.29 is 9.53 Å². The van der Waals surface area contributed by atoms with Gasteiger partial charge in [0.15, 0.2) is 0 Å². The number of rotatable bonds is 7. The Labute approximate surface area is 208 Å². The first-order valence-corrected chi connectivity index (χ1v) is 11.7. The molecule has 0 unspecified atom stereocenters. The first kappa shape index (κ1) is 24.6. The van der Waals surface area contributed by atoms with Crippen molar-refractivity contribution in [2.75, 3.05) is 11.9 Å². The fourth-order valence-corrected chi connectivity index (χ4v) is 4.05. The van der Waals surface area contributed by atoms with E-state index in [9.17, 15) is 10.1 Å². The van der Waals surface area contributed by atoms with Gasteiger partial charge in [-0.3, -0.25) is 4.79 Å². The number of hydrogen-bond donors (Lipinski definition) is 1. The molecule has 3 rings (SSSR count). The van der Waals surface area contributed by atoms with Gasteiger partial charge in [0.1, 0.15) is 17.4 Å². The predicted octanol–water partition coefficient (Wildman–Crippen LogP) is 7.25. The maximum atomic E-state index is 12.7. The number of carbonyl (C=O) groups is 1. The molecule has 0 spiro atoms. The monoisotopic (exact) mass is 522 g/mol. The van der Waals surface area contributed by atoms with Gasteiger partial charge >= 0.3 is 0 Å². The fraction of sp³-hybridized carbons (Fsp3) is 0.185. The highest BCUT2D eigenvalue weighted by atomic mass is 79.9. The zero-order chi connectivity index (χ0) is 24.0. The summed E-state index contributed by atoms with van der Waals surface area (Å²) in [6.07, 6.45) is 2.10. The number of benzene rings is 3. The average Bonchev–Trinajstić information content (AvgIpc) is 2.78. The topological polar surface area (TPSA) is 62.1 Å². The maximum Gasteiger partial charge on any atom is 0.266 e. The zero-order valence-electron chi connectivity index (χ0n) is 18.7. The summed E-state index contributed by atoms with van der Waals surface area (Å²) in [4.78, 5) is 12.7. The lowest BCUT2D eigenvalue weighted by Gasteiger charge is -2.14. The predicted molar refractivity (Wildman–Crippen MR) is 138 cm³/mol. The number of nitrogens with one attached hydrogen (secondary N) is 1. The summed E-state index contributed by atoms with van der Waals surface area (Å²) in [6, 6.07) is 19.1. The molecule has 0 saturated heterocycles. The van der Waals surface area contributed by atoms with Crippen LogP contribution < -0.4 is 10.1 Å². The van der Waals surface area contributed by atoms with Crippen molar-refractivity contribution in [3.05, 3.63) is 97.5 Å². The highest BCUT2D eigenvalue weighted by molar-refractivity contribution is 9.10. The van der Waals surface area contributed by atoms with E-state index in [1.165, 1.54) is 6.08 Å². The minimum Gasteiger partial charge on any atom is -0.494 e. The summed E-state index contributed by atoms with van der Waals surface area (Å²) in [6.45, 7) is 6.33. The summed E-state index contributed by atoms with van der Waals surface area (Å²) in [5.41, 5.74) is 5.35. The molecule has 0 aromatic heterocycles. The Morgan fingerprint density at radius 2 is 1.91 bits per heavy atom. The molecule has 0 heterocycles. The van der Waals surface area contributed by atoms with Gasteiger partial charge < -0.3 is 10.1 Å². The standard InChI is InChI=1S/C27H24BrClN2O2/c1-4-33-26-14-19(13-25(29)23(26)15-20-7-5-6-8-24(20)28)12-21(16-30)27(32)31-22-10-9-17(2)18(3)11-22/h5-14H,4,15H2,1-3H3,(H,31,32)/b21-12+. The lowest BCUT2D eigenvalue weighted by atomic mass is 10.0. The van der Waals surface area contributed by atoms with Gasteiger partial charge in [-0.25, -0.2) is 0 Å². The molecular formula is C27H24BrClN2O2. The molecule has 0 saturated carbocycles. The molecule has 3 aromatic carbocycles. The summed E-state index contributed by atoms with van der Waals surface area (Å²) in [5.74, 6) is 0.144. The third kappa shape index (κ3) is 6.25. The summed E-state index contributed by atoms with van der Waals surface area (Å²) < 4.78 is 6.84. The Kier molecular flexibility index (Phi) is 8.32. The molecule has 6 heteroatoms. The molecule has 0 atom stereocenters. The molecule has 1 N–H and O–H groups in total. The van der Waals surface area contributed by atoms with Gasteiger partial charge in [0.05, 0.1) is 6.61 Å². The minimum atomic E-state index is -0.480. The van der Waals surface area contributed by atoms with E-state index in [1.54, 1.807) is 6.07 Å². The largest absolute Gasteiger partial charge is 0.494 e. The van der Waals surface area contributed by atoms with E-state index in [0.717, 1.165) is 26.7 Å². The van der Waals surface area contributed by atoms with Crippen LogP contribution in [0, 0.1) is 25.2 Å².